The molecule has 0 bridgehead atoms. The Kier molecular flexibility index (Phi) is 7.78. The predicted molar refractivity (Wildman–Crippen MR) is 161 cm³/mol. The monoisotopic (exact) mass is 572 g/mol. The maximum absolute atomic E-state index is 13.8. The number of thioether (sulfide) groups is 1. The lowest BCUT2D eigenvalue weighted by Gasteiger charge is -2.24. The smallest absolute Gasteiger partial charge is 0.240 e. The standard InChI is InChI=1S/C31H32N4O3S2/c1-20-10-11-25(21(2)15-20)35-31-28(29(33-35)22-7-4-3-5-8-22)30(23-12-14-39-18-23)40-19-27(37)34(31)17-26(36)32-16-24-9-6-13-38-24/h3-5,7-8,10-12,14-15,18,24,30H,6,9,13,16-17,19H2,1-2H3,(H,32,36). The summed E-state index contributed by atoms with van der Waals surface area (Å²) < 4.78 is 7.56. The first-order valence-electron chi connectivity index (χ1n) is 13.6. The summed E-state index contributed by atoms with van der Waals surface area (Å²) in [5, 5.41) is 12.3. The molecule has 2 aliphatic heterocycles. The van der Waals surface area contributed by atoms with E-state index in [9.17, 15) is 9.59 Å². The minimum absolute atomic E-state index is 0.0308. The third-order valence-corrected chi connectivity index (χ3v) is 9.37. The van der Waals surface area contributed by atoms with E-state index in [1.54, 1.807) is 28.0 Å². The zero-order valence-corrected chi connectivity index (χ0v) is 24.3. The maximum atomic E-state index is 13.8. The van der Waals surface area contributed by atoms with Gasteiger partial charge in [-0.2, -0.15) is 16.4 Å². The number of ether oxygens (including phenoxy) is 1. The fraction of sp³-hybridized carbons (Fsp3) is 0.323. The lowest BCUT2D eigenvalue weighted by Crippen LogP contribution is -2.44. The quantitative estimate of drug-likeness (QED) is 0.308. The van der Waals surface area contributed by atoms with Gasteiger partial charge < -0.3 is 10.1 Å². The molecule has 9 heteroatoms. The molecule has 2 aliphatic rings. The lowest BCUT2D eigenvalue weighted by molar-refractivity contribution is -0.123. The van der Waals surface area contributed by atoms with E-state index in [2.05, 4.69) is 60.3 Å². The second-order valence-electron chi connectivity index (χ2n) is 10.3. The SMILES string of the molecule is Cc1ccc(-n2nc(-c3ccccc3)c3c2N(CC(=O)NCC2CCCO2)C(=O)CSC3c2ccsc2)c(C)c1. The maximum Gasteiger partial charge on any atom is 0.240 e. The molecule has 40 heavy (non-hydrogen) atoms. The van der Waals surface area contributed by atoms with E-state index < -0.39 is 0 Å². The number of benzene rings is 2. The van der Waals surface area contributed by atoms with Crippen molar-refractivity contribution in [1.82, 2.24) is 15.1 Å². The molecule has 0 spiro atoms. The molecule has 1 N–H and O–H groups in total. The van der Waals surface area contributed by atoms with Crippen LogP contribution in [0.15, 0.2) is 65.4 Å². The first-order chi connectivity index (χ1) is 19.5. The van der Waals surface area contributed by atoms with Crippen molar-refractivity contribution in [2.24, 2.45) is 0 Å². The highest BCUT2D eigenvalue weighted by atomic mass is 32.2. The van der Waals surface area contributed by atoms with E-state index in [-0.39, 0.29) is 35.5 Å². The number of aromatic nitrogens is 2. The molecule has 0 saturated carbocycles. The number of thiophene rings is 1. The van der Waals surface area contributed by atoms with Crippen LogP contribution in [0.2, 0.25) is 0 Å². The zero-order chi connectivity index (χ0) is 27.6. The van der Waals surface area contributed by atoms with Crippen LogP contribution in [0.1, 0.15) is 40.3 Å². The number of rotatable bonds is 7. The van der Waals surface area contributed by atoms with Crippen LogP contribution in [0, 0.1) is 13.8 Å². The topological polar surface area (TPSA) is 76.5 Å². The molecular formula is C31H32N4O3S2. The van der Waals surface area contributed by atoms with E-state index >= 15 is 0 Å². The van der Waals surface area contributed by atoms with Gasteiger partial charge in [0, 0.05) is 24.3 Å². The van der Waals surface area contributed by atoms with E-state index in [0.29, 0.717) is 12.4 Å². The number of amides is 2. The molecule has 206 valence electrons. The van der Waals surface area contributed by atoms with Crippen LogP contribution in [0.4, 0.5) is 5.82 Å². The normalized spacial score (nSPS) is 18.9. The van der Waals surface area contributed by atoms with Crippen LogP contribution in [0.3, 0.4) is 0 Å². The Morgan fingerprint density at radius 2 is 2.00 bits per heavy atom. The van der Waals surface area contributed by atoms with Gasteiger partial charge in [0.05, 0.1) is 28.5 Å². The minimum atomic E-state index is -0.205. The number of carbonyl (C=O) groups is 2. The molecule has 2 aromatic heterocycles. The molecule has 2 aromatic carbocycles. The molecule has 1 saturated heterocycles. The van der Waals surface area contributed by atoms with Gasteiger partial charge in [-0.25, -0.2) is 4.68 Å². The molecule has 6 rings (SSSR count). The fourth-order valence-corrected chi connectivity index (χ4v) is 7.42. The largest absolute Gasteiger partial charge is 0.376 e. The van der Waals surface area contributed by atoms with E-state index in [4.69, 9.17) is 9.84 Å². The number of nitrogens with one attached hydrogen (secondary N) is 1. The summed E-state index contributed by atoms with van der Waals surface area (Å²) in [6.45, 7) is 5.22. The lowest BCUT2D eigenvalue weighted by atomic mass is 10.0. The Labute approximate surface area is 242 Å². The van der Waals surface area contributed by atoms with Crippen molar-refractivity contribution in [1.29, 1.82) is 0 Å². The Bertz CT molecular complexity index is 1510. The molecule has 0 aliphatic carbocycles. The summed E-state index contributed by atoms with van der Waals surface area (Å²) >= 11 is 3.23. The van der Waals surface area contributed by atoms with Gasteiger partial charge in [0.2, 0.25) is 11.8 Å². The van der Waals surface area contributed by atoms with Crippen molar-refractivity contribution in [2.75, 3.05) is 30.3 Å². The third-order valence-electron chi connectivity index (χ3n) is 7.42. The number of hydrogen-bond acceptors (Lipinski definition) is 6. The van der Waals surface area contributed by atoms with Crippen LogP contribution in [0.5, 0.6) is 0 Å². The molecule has 2 atom stereocenters. The summed E-state index contributed by atoms with van der Waals surface area (Å²) in [4.78, 5) is 28.7. The summed E-state index contributed by atoms with van der Waals surface area (Å²) in [7, 11) is 0. The van der Waals surface area contributed by atoms with E-state index in [1.165, 1.54) is 0 Å². The second kappa shape index (κ2) is 11.6. The van der Waals surface area contributed by atoms with Crippen molar-refractivity contribution < 1.29 is 14.3 Å². The van der Waals surface area contributed by atoms with Gasteiger partial charge in [-0.1, -0.05) is 48.0 Å². The molecular weight excluding hydrogens is 541 g/mol. The van der Waals surface area contributed by atoms with E-state index in [1.807, 2.05) is 28.9 Å². The average molecular weight is 573 g/mol. The van der Waals surface area contributed by atoms with Gasteiger partial charge in [0.1, 0.15) is 12.4 Å². The van der Waals surface area contributed by atoms with Gasteiger partial charge in [-0.05, 0) is 60.7 Å². The van der Waals surface area contributed by atoms with Gasteiger partial charge in [0.15, 0.2) is 0 Å². The van der Waals surface area contributed by atoms with Gasteiger partial charge >= 0.3 is 0 Å². The third kappa shape index (κ3) is 5.33. The number of hydrogen-bond donors (Lipinski definition) is 1. The Hall–Kier alpha value is -3.40. The van der Waals surface area contributed by atoms with Crippen LogP contribution in [-0.2, 0) is 14.3 Å². The van der Waals surface area contributed by atoms with Crippen LogP contribution in [-0.4, -0.2) is 53.1 Å². The molecule has 2 amide bonds. The van der Waals surface area contributed by atoms with Gasteiger partial charge in [0.25, 0.3) is 0 Å². The van der Waals surface area contributed by atoms with Crippen LogP contribution < -0.4 is 10.2 Å². The van der Waals surface area contributed by atoms with E-state index in [0.717, 1.165) is 58.6 Å². The number of aryl methyl sites for hydroxylation is 2. The van der Waals surface area contributed by atoms with Crippen molar-refractivity contribution >= 4 is 40.7 Å². The highest BCUT2D eigenvalue weighted by Gasteiger charge is 2.38. The molecule has 7 nitrogen and oxygen atoms in total. The highest BCUT2D eigenvalue weighted by molar-refractivity contribution is 8.00. The summed E-state index contributed by atoms with van der Waals surface area (Å²) in [6.07, 6.45) is 1.97. The first-order valence-corrected chi connectivity index (χ1v) is 15.6. The van der Waals surface area contributed by atoms with Crippen molar-refractivity contribution in [2.45, 2.75) is 38.0 Å². The fourth-order valence-electron chi connectivity index (χ4n) is 5.46. The zero-order valence-electron chi connectivity index (χ0n) is 22.6. The molecule has 2 unspecified atom stereocenters. The summed E-state index contributed by atoms with van der Waals surface area (Å²) in [6, 6.07) is 18.4. The van der Waals surface area contributed by atoms with Gasteiger partial charge in [-0.15, -0.1) is 11.8 Å². The van der Waals surface area contributed by atoms with Crippen molar-refractivity contribution in [3.05, 3.63) is 87.6 Å². The molecule has 4 aromatic rings. The molecule has 0 radical (unpaired) electrons. The predicted octanol–water partition coefficient (Wildman–Crippen LogP) is 5.68. The molecule has 4 heterocycles. The number of anilines is 1. The Morgan fingerprint density at radius 1 is 1.15 bits per heavy atom. The molecule has 1 fully saturated rings. The minimum Gasteiger partial charge on any atom is -0.376 e. The highest BCUT2D eigenvalue weighted by Crippen LogP contribution is 2.49. The summed E-state index contributed by atoms with van der Waals surface area (Å²) in [5.74, 6) is 0.601. The van der Waals surface area contributed by atoms with Crippen LogP contribution in [0.25, 0.3) is 16.9 Å². The Morgan fingerprint density at radius 3 is 2.73 bits per heavy atom. The number of carbonyl (C=O) groups excluding carboxylic acids is 2. The number of nitrogens with zero attached hydrogens (tertiary/aromatic N) is 3. The second-order valence-corrected chi connectivity index (χ2v) is 12.2. The average Bonchev–Trinajstić information content (AvgIpc) is 3.72. The first kappa shape index (κ1) is 26.8. The number of fused-ring (bicyclic) bond motifs is 1. The van der Waals surface area contributed by atoms with Crippen LogP contribution >= 0.6 is 23.1 Å². The van der Waals surface area contributed by atoms with Crippen molar-refractivity contribution in [3.63, 3.8) is 0 Å². The van der Waals surface area contributed by atoms with Crippen molar-refractivity contribution in [3.8, 4) is 16.9 Å². The van der Waals surface area contributed by atoms with Gasteiger partial charge in [-0.3, -0.25) is 14.5 Å². The summed E-state index contributed by atoms with van der Waals surface area (Å²) in [5.41, 5.74) is 6.95. The Balaban J connectivity index is 1.52.